The third kappa shape index (κ3) is 5.16. The smallest absolute Gasteiger partial charge is 0.284 e. The maximum absolute atomic E-state index is 14.7. The third-order valence-electron chi connectivity index (χ3n) is 4.94. The molecule has 11 heteroatoms. The molecular formula is C23H19F3N4O3S. The average Bonchev–Trinajstić information content (AvgIpc) is 2.79. The highest BCUT2D eigenvalue weighted by molar-refractivity contribution is 7.89. The first-order chi connectivity index (χ1) is 15.9. The fourth-order valence-electron chi connectivity index (χ4n) is 3.18. The first-order valence-electron chi connectivity index (χ1n) is 9.64. The number of allylic oxidation sites excluding steroid dienone is 1. The Labute approximate surface area is 193 Å². The molecule has 0 aromatic heterocycles. The van der Waals surface area contributed by atoms with Gasteiger partial charge in [-0.1, -0.05) is 30.3 Å². The van der Waals surface area contributed by atoms with Crippen LogP contribution in [0.3, 0.4) is 0 Å². The van der Waals surface area contributed by atoms with E-state index in [9.17, 15) is 26.4 Å². The van der Waals surface area contributed by atoms with Crippen molar-refractivity contribution in [3.8, 4) is 11.1 Å². The lowest BCUT2D eigenvalue weighted by molar-refractivity contribution is -0.114. The first kappa shape index (κ1) is 24.7. The SMILES string of the molecule is C/C(=C(\F)C(=O)Nc1ccc(-c2ccccc2S(N)(=O)=O)cc1F)c1ccc(F)c(C(=N)N)c1. The molecule has 0 saturated carbocycles. The number of amidine groups is 1. The Bertz CT molecular complexity index is 1450. The molecule has 0 fully saturated rings. The van der Waals surface area contributed by atoms with Gasteiger partial charge in [-0.05, 0) is 54.0 Å². The predicted octanol–water partition coefficient (Wildman–Crippen LogP) is 3.90. The van der Waals surface area contributed by atoms with Crippen LogP contribution in [0.25, 0.3) is 16.7 Å². The molecule has 34 heavy (non-hydrogen) atoms. The number of nitrogens with one attached hydrogen (secondary N) is 2. The Morgan fingerprint density at radius 1 is 1.00 bits per heavy atom. The van der Waals surface area contributed by atoms with Crippen LogP contribution in [0.15, 0.2) is 71.4 Å². The predicted molar refractivity (Wildman–Crippen MR) is 123 cm³/mol. The fourth-order valence-corrected chi connectivity index (χ4v) is 3.94. The second-order valence-electron chi connectivity index (χ2n) is 7.24. The molecule has 0 unspecified atom stereocenters. The summed E-state index contributed by atoms with van der Waals surface area (Å²) in [4.78, 5) is 12.1. The third-order valence-corrected chi connectivity index (χ3v) is 5.91. The van der Waals surface area contributed by atoms with Crippen molar-refractivity contribution in [2.24, 2.45) is 10.9 Å². The van der Waals surface area contributed by atoms with Crippen LogP contribution in [0.1, 0.15) is 18.1 Å². The summed E-state index contributed by atoms with van der Waals surface area (Å²) < 4.78 is 66.8. The molecule has 0 saturated heterocycles. The molecule has 176 valence electrons. The van der Waals surface area contributed by atoms with Crippen molar-refractivity contribution in [3.05, 3.63) is 89.3 Å². The Balaban J connectivity index is 1.90. The summed E-state index contributed by atoms with van der Waals surface area (Å²) in [5.41, 5.74) is 4.94. The van der Waals surface area contributed by atoms with Gasteiger partial charge >= 0.3 is 0 Å². The van der Waals surface area contributed by atoms with Gasteiger partial charge in [-0.2, -0.15) is 0 Å². The van der Waals surface area contributed by atoms with Gasteiger partial charge in [0.25, 0.3) is 5.91 Å². The number of amides is 1. The Kier molecular flexibility index (Phi) is 6.89. The largest absolute Gasteiger partial charge is 0.384 e. The number of nitrogen functional groups attached to an aromatic ring is 1. The minimum atomic E-state index is -4.07. The summed E-state index contributed by atoms with van der Waals surface area (Å²) in [6.07, 6.45) is 0. The highest BCUT2D eigenvalue weighted by Crippen LogP contribution is 2.30. The van der Waals surface area contributed by atoms with E-state index in [4.69, 9.17) is 16.3 Å². The van der Waals surface area contributed by atoms with E-state index < -0.39 is 39.2 Å². The van der Waals surface area contributed by atoms with Crippen molar-refractivity contribution in [3.63, 3.8) is 0 Å². The Hall–Kier alpha value is -3.96. The number of sulfonamides is 1. The molecule has 0 heterocycles. The van der Waals surface area contributed by atoms with Crippen LogP contribution in [0.4, 0.5) is 18.9 Å². The lowest BCUT2D eigenvalue weighted by Crippen LogP contribution is -2.15. The maximum Gasteiger partial charge on any atom is 0.284 e. The number of nitrogens with two attached hydrogens (primary N) is 2. The topological polar surface area (TPSA) is 139 Å². The van der Waals surface area contributed by atoms with Crippen LogP contribution in [-0.4, -0.2) is 20.2 Å². The zero-order valence-electron chi connectivity index (χ0n) is 17.7. The molecule has 3 aromatic carbocycles. The first-order valence-corrected chi connectivity index (χ1v) is 11.2. The van der Waals surface area contributed by atoms with Crippen molar-refractivity contribution in [2.75, 3.05) is 5.32 Å². The van der Waals surface area contributed by atoms with Gasteiger partial charge in [-0.3, -0.25) is 10.2 Å². The minimum absolute atomic E-state index is 0.106. The van der Waals surface area contributed by atoms with Gasteiger partial charge in [0.1, 0.15) is 17.5 Å². The quantitative estimate of drug-likeness (QED) is 0.237. The molecule has 0 aliphatic heterocycles. The summed E-state index contributed by atoms with van der Waals surface area (Å²) in [5.74, 6) is -4.81. The summed E-state index contributed by atoms with van der Waals surface area (Å²) in [5, 5.41) is 14.7. The highest BCUT2D eigenvalue weighted by Gasteiger charge is 2.19. The van der Waals surface area contributed by atoms with Gasteiger partial charge in [0.15, 0.2) is 5.83 Å². The maximum atomic E-state index is 14.7. The summed E-state index contributed by atoms with van der Waals surface area (Å²) in [6.45, 7) is 1.26. The number of anilines is 1. The second kappa shape index (κ2) is 9.49. The van der Waals surface area contributed by atoms with E-state index in [0.717, 1.165) is 24.3 Å². The van der Waals surface area contributed by atoms with Crippen LogP contribution in [-0.2, 0) is 14.8 Å². The zero-order chi connectivity index (χ0) is 25.2. The molecule has 6 N–H and O–H groups in total. The number of carbonyl (C=O) groups is 1. The van der Waals surface area contributed by atoms with E-state index >= 15 is 0 Å². The molecule has 0 bridgehead atoms. The summed E-state index contributed by atoms with van der Waals surface area (Å²) >= 11 is 0. The number of primary sulfonamides is 1. The van der Waals surface area contributed by atoms with Crippen molar-refractivity contribution in [1.29, 1.82) is 5.41 Å². The number of hydrogen-bond acceptors (Lipinski definition) is 4. The van der Waals surface area contributed by atoms with E-state index in [-0.39, 0.29) is 38.4 Å². The van der Waals surface area contributed by atoms with E-state index in [2.05, 4.69) is 5.32 Å². The molecule has 1 amide bonds. The van der Waals surface area contributed by atoms with Crippen molar-refractivity contribution in [2.45, 2.75) is 11.8 Å². The van der Waals surface area contributed by atoms with Gasteiger partial charge in [-0.15, -0.1) is 0 Å². The second-order valence-corrected chi connectivity index (χ2v) is 8.77. The molecule has 0 atom stereocenters. The van der Waals surface area contributed by atoms with Gasteiger partial charge in [0.2, 0.25) is 10.0 Å². The van der Waals surface area contributed by atoms with E-state index in [0.29, 0.717) is 0 Å². The molecule has 3 rings (SSSR count). The van der Waals surface area contributed by atoms with Crippen LogP contribution < -0.4 is 16.2 Å². The van der Waals surface area contributed by atoms with Gasteiger partial charge < -0.3 is 11.1 Å². The summed E-state index contributed by atoms with van der Waals surface area (Å²) in [7, 11) is -4.07. The summed E-state index contributed by atoms with van der Waals surface area (Å²) in [6, 6.07) is 12.5. The van der Waals surface area contributed by atoms with Crippen molar-refractivity contribution < 1.29 is 26.4 Å². The average molecular weight is 488 g/mol. The molecule has 0 radical (unpaired) electrons. The molecular weight excluding hydrogens is 469 g/mol. The molecule has 0 spiro atoms. The minimum Gasteiger partial charge on any atom is -0.384 e. The van der Waals surface area contributed by atoms with E-state index in [1.165, 1.54) is 37.3 Å². The van der Waals surface area contributed by atoms with Gasteiger partial charge in [0.05, 0.1) is 16.1 Å². The standard InChI is InChI=1S/C23H19F3N4O3S/c1-12(13-6-8-17(24)16(10-13)22(27)28)21(26)23(31)30-19-9-7-14(11-18(19)25)15-4-2-3-5-20(15)34(29,32)33/h2-11H,1H3,(H3,27,28)(H,30,31)(H2,29,32,33)/b21-12+. The number of carbonyl (C=O) groups excluding carboxylic acids is 1. The molecule has 3 aromatic rings. The zero-order valence-corrected chi connectivity index (χ0v) is 18.5. The Morgan fingerprint density at radius 3 is 2.29 bits per heavy atom. The normalized spacial score (nSPS) is 12.1. The van der Waals surface area contributed by atoms with Crippen LogP contribution >= 0.6 is 0 Å². The Morgan fingerprint density at radius 2 is 1.68 bits per heavy atom. The molecule has 0 aliphatic carbocycles. The number of rotatable bonds is 6. The lowest BCUT2D eigenvalue weighted by atomic mass is 10.0. The van der Waals surface area contributed by atoms with Crippen molar-refractivity contribution in [1.82, 2.24) is 0 Å². The van der Waals surface area contributed by atoms with E-state index in [1.54, 1.807) is 6.07 Å². The monoisotopic (exact) mass is 488 g/mol. The van der Waals surface area contributed by atoms with Crippen LogP contribution in [0, 0.1) is 17.0 Å². The molecule has 7 nitrogen and oxygen atoms in total. The van der Waals surface area contributed by atoms with Crippen molar-refractivity contribution >= 4 is 33.0 Å². The number of hydrogen-bond donors (Lipinski definition) is 4. The number of halogens is 3. The van der Waals surface area contributed by atoms with Gasteiger partial charge in [-0.25, -0.2) is 26.7 Å². The van der Waals surface area contributed by atoms with Crippen LogP contribution in [0.5, 0.6) is 0 Å². The molecule has 0 aliphatic rings. The van der Waals surface area contributed by atoms with Gasteiger partial charge in [0, 0.05) is 5.56 Å². The highest BCUT2D eigenvalue weighted by atomic mass is 32.2. The van der Waals surface area contributed by atoms with Crippen LogP contribution in [0.2, 0.25) is 0 Å². The fraction of sp³-hybridized carbons (Fsp3) is 0.0435. The lowest BCUT2D eigenvalue weighted by Gasteiger charge is -2.11. The number of benzene rings is 3. The van der Waals surface area contributed by atoms with E-state index in [1.807, 2.05) is 0 Å².